The van der Waals surface area contributed by atoms with E-state index in [1.54, 1.807) is 17.9 Å². The predicted molar refractivity (Wildman–Crippen MR) is 163 cm³/mol. The van der Waals surface area contributed by atoms with Crippen LogP contribution in [0.2, 0.25) is 0 Å². The number of anilines is 1. The summed E-state index contributed by atoms with van der Waals surface area (Å²) in [5.41, 5.74) is -0.790. The van der Waals surface area contributed by atoms with Crippen molar-refractivity contribution in [2.75, 3.05) is 24.7 Å². The maximum atomic E-state index is 15.0. The van der Waals surface area contributed by atoms with E-state index in [-0.39, 0.29) is 25.0 Å². The standard InChI is InChI=1S/C35H38N2O6/c1-4-20-36(26-17-16-23-12-10-11-15-25(23)21-26)32(40)30-35-19-18-34(5-2,43-35)29(33(41)42-6-3)28(35)31(39)37(30)27(22-38)24-13-8-7-9-14-24/h4,7-17,21,27-30,38H,1,5-6,18-20,22H2,2-3H3/t27-,28+,29+,30?,34-,35?/m1/s1. The van der Waals surface area contributed by atoms with Crippen LogP contribution in [0, 0.1) is 11.8 Å². The van der Waals surface area contributed by atoms with Crippen LogP contribution in [0.3, 0.4) is 0 Å². The number of amides is 2. The predicted octanol–water partition coefficient (Wildman–Crippen LogP) is 4.81. The van der Waals surface area contributed by atoms with Gasteiger partial charge in [0.2, 0.25) is 5.91 Å². The second-order valence-corrected chi connectivity index (χ2v) is 11.7. The van der Waals surface area contributed by atoms with E-state index in [4.69, 9.17) is 9.47 Å². The van der Waals surface area contributed by atoms with E-state index < -0.39 is 47.7 Å². The lowest BCUT2D eigenvalue weighted by atomic mass is 9.65. The number of ether oxygens (including phenoxy) is 2. The van der Waals surface area contributed by atoms with Crippen molar-refractivity contribution in [3.63, 3.8) is 0 Å². The molecular formula is C35H38N2O6. The molecule has 1 spiro atoms. The van der Waals surface area contributed by atoms with Gasteiger partial charge in [-0.2, -0.15) is 0 Å². The lowest BCUT2D eigenvalue weighted by Gasteiger charge is -2.39. The van der Waals surface area contributed by atoms with Gasteiger partial charge in [0, 0.05) is 12.2 Å². The minimum atomic E-state index is -1.25. The average Bonchev–Trinajstić information content (AvgIpc) is 3.64. The van der Waals surface area contributed by atoms with E-state index in [1.807, 2.05) is 79.7 Å². The number of likely N-dealkylation sites (tertiary alicyclic amines) is 1. The van der Waals surface area contributed by atoms with Gasteiger partial charge in [0.05, 0.1) is 30.8 Å². The van der Waals surface area contributed by atoms with Crippen molar-refractivity contribution >= 4 is 34.2 Å². The van der Waals surface area contributed by atoms with Crippen molar-refractivity contribution in [1.82, 2.24) is 4.90 Å². The number of rotatable bonds is 10. The molecule has 1 N–H and O–H groups in total. The van der Waals surface area contributed by atoms with E-state index in [0.717, 1.165) is 10.8 Å². The van der Waals surface area contributed by atoms with Gasteiger partial charge in [-0.3, -0.25) is 14.4 Å². The van der Waals surface area contributed by atoms with E-state index in [0.29, 0.717) is 30.5 Å². The Hall–Kier alpha value is -4.01. The minimum absolute atomic E-state index is 0.174. The number of fused-ring (bicyclic) bond motifs is 2. The third kappa shape index (κ3) is 4.38. The number of hydrogen-bond donors (Lipinski definition) is 1. The van der Waals surface area contributed by atoms with Crippen LogP contribution < -0.4 is 4.90 Å². The lowest BCUT2D eigenvalue weighted by Crippen LogP contribution is -2.57. The molecule has 3 aliphatic heterocycles. The number of aliphatic hydroxyl groups excluding tert-OH is 1. The number of aliphatic hydroxyl groups is 1. The molecule has 0 aliphatic carbocycles. The number of carbonyl (C=O) groups excluding carboxylic acids is 3. The van der Waals surface area contributed by atoms with Crippen LogP contribution in [-0.4, -0.2) is 64.8 Å². The summed E-state index contributed by atoms with van der Waals surface area (Å²) in [7, 11) is 0. The first-order valence-corrected chi connectivity index (χ1v) is 15.1. The SMILES string of the molecule is C=CCN(C(=O)C1N([C@H](CO)c2ccccc2)C(=O)[C@@H]2[C@@H](C(=O)OCC)[C@@]3(CC)CCC12O3)c1ccc2ccccc2c1. The van der Waals surface area contributed by atoms with Gasteiger partial charge in [0.25, 0.3) is 5.91 Å². The Kier molecular flexibility index (Phi) is 7.60. The first-order valence-electron chi connectivity index (χ1n) is 15.1. The van der Waals surface area contributed by atoms with Gasteiger partial charge in [0.15, 0.2) is 0 Å². The molecule has 3 heterocycles. The van der Waals surface area contributed by atoms with Crippen LogP contribution in [0.25, 0.3) is 10.8 Å². The van der Waals surface area contributed by atoms with Crippen LogP contribution in [0.4, 0.5) is 5.69 Å². The zero-order valence-electron chi connectivity index (χ0n) is 24.6. The first-order chi connectivity index (χ1) is 20.9. The summed E-state index contributed by atoms with van der Waals surface area (Å²) in [6, 6.07) is 21.0. The van der Waals surface area contributed by atoms with Crippen LogP contribution in [0.1, 0.15) is 44.7 Å². The fourth-order valence-corrected chi connectivity index (χ4v) is 7.84. The molecule has 3 aromatic rings. The largest absolute Gasteiger partial charge is 0.466 e. The number of hydrogen-bond acceptors (Lipinski definition) is 6. The molecule has 3 aliphatic rings. The highest BCUT2D eigenvalue weighted by molar-refractivity contribution is 6.06. The lowest BCUT2D eigenvalue weighted by molar-refractivity contribution is -0.161. The zero-order chi connectivity index (χ0) is 30.4. The van der Waals surface area contributed by atoms with E-state index in [2.05, 4.69) is 6.58 Å². The van der Waals surface area contributed by atoms with Gasteiger partial charge in [-0.15, -0.1) is 6.58 Å². The molecule has 6 rings (SSSR count). The van der Waals surface area contributed by atoms with Crippen molar-refractivity contribution in [2.45, 2.75) is 56.4 Å². The van der Waals surface area contributed by atoms with E-state index in [9.17, 15) is 14.7 Å². The molecule has 2 unspecified atom stereocenters. The summed E-state index contributed by atoms with van der Waals surface area (Å²) in [4.78, 5) is 46.3. The molecule has 2 bridgehead atoms. The maximum Gasteiger partial charge on any atom is 0.312 e. The second kappa shape index (κ2) is 11.2. The molecule has 3 fully saturated rings. The van der Waals surface area contributed by atoms with Crippen molar-refractivity contribution in [2.24, 2.45) is 11.8 Å². The highest BCUT2D eigenvalue weighted by atomic mass is 16.6. The fourth-order valence-electron chi connectivity index (χ4n) is 7.84. The Morgan fingerprint density at radius 2 is 1.81 bits per heavy atom. The topological polar surface area (TPSA) is 96.4 Å². The van der Waals surface area contributed by atoms with Crippen LogP contribution in [-0.2, 0) is 23.9 Å². The van der Waals surface area contributed by atoms with Crippen LogP contribution >= 0.6 is 0 Å². The van der Waals surface area contributed by atoms with Gasteiger partial charge in [0.1, 0.15) is 17.6 Å². The Morgan fingerprint density at radius 1 is 1.09 bits per heavy atom. The van der Waals surface area contributed by atoms with Crippen LogP contribution in [0.15, 0.2) is 85.5 Å². The smallest absolute Gasteiger partial charge is 0.312 e. The second-order valence-electron chi connectivity index (χ2n) is 11.7. The van der Waals surface area contributed by atoms with Crippen LogP contribution in [0.5, 0.6) is 0 Å². The molecule has 8 nitrogen and oxygen atoms in total. The highest BCUT2D eigenvalue weighted by Crippen LogP contribution is 2.65. The minimum Gasteiger partial charge on any atom is -0.466 e. The third-order valence-corrected chi connectivity index (χ3v) is 9.71. The maximum absolute atomic E-state index is 15.0. The van der Waals surface area contributed by atoms with Gasteiger partial charge >= 0.3 is 5.97 Å². The number of benzene rings is 3. The highest BCUT2D eigenvalue weighted by Gasteiger charge is 2.79. The molecule has 3 saturated heterocycles. The summed E-state index contributed by atoms with van der Waals surface area (Å²) < 4.78 is 12.4. The summed E-state index contributed by atoms with van der Waals surface area (Å²) >= 11 is 0. The summed E-state index contributed by atoms with van der Waals surface area (Å²) in [6.07, 6.45) is 3.13. The number of esters is 1. The summed E-state index contributed by atoms with van der Waals surface area (Å²) in [6.45, 7) is 7.58. The Bertz CT molecular complexity index is 1560. The van der Waals surface area contributed by atoms with Gasteiger partial charge in [-0.25, -0.2) is 0 Å². The third-order valence-electron chi connectivity index (χ3n) is 9.71. The summed E-state index contributed by atoms with van der Waals surface area (Å²) in [5, 5.41) is 12.8. The normalized spacial score (nSPS) is 28.1. The number of carbonyl (C=O) groups is 3. The molecule has 43 heavy (non-hydrogen) atoms. The van der Waals surface area contributed by atoms with Gasteiger partial charge in [-0.05, 0) is 54.7 Å². The Balaban J connectivity index is 1.51. The number of nitrogens with zero attached hydrogens (tertiary/aromatic N) is 2. The molecule has 0 saturated carbocycles. The fraction of sp³-hybridized carbons (Fsp3) is 0.400. The average molecular weight is 583 g/mol. The van der Waals surface area contributed by atoms with Gasteiger partial charge in [-0.1, -0.05) is 73.7 Å². The Morgan fingerprint density at radius 3 is 2.49 bits per heavy atom. The van der Waals surface area contributed by atoms with Gasteiger partial charge < -0.3 is 24.4 Å². The summed E-state index contributed by atoms with van der Waals surface area (Å²) in [5.74, 6) is -2.94. The quantitative estimate of drug-likeness (QED) is 0.272. The molecule has 0 aromatic heterocycles. The van der Waals surface area contributed by atoms with E-state index >= 15 is 4.79 Å². The molecule has 224 valence electrons. The molecule has 6 atom stereocenters. The van der Waals surface area contributed by atoms with Crippen molar-refractivity contribution in [1.29, 1.82) is 0 Å². The molecule has 2 amide bonds. The van der Waals surface area contributed by atoms with Crippen molar-refractivity contribution in [3.8, 4) is 0 Å². The van der Waals surface area contributed by atoms with E-state index in [1.165, 1.54) is 4.90 Å². The monoisotopic (exact) mass is 582 g/mol. The van der Waals surface area contributed by atoms with Crippen molar-refractivity contribution in [3.05, 3.63) is 91.0 Å². The molecule has 3 aromatic carbocycles. The zero-order valence-corrected chi connectivity index (χ0v) is 24.6. The molecule has 8 heteroatoms. The molecular weight excluding hydrogens is 544 g/mol. The van der Waals surface area contributed by atoms with Crippen molar-refractivity contribution < 1.29 is 29.0 Å². The molecule has 0 radical (unpaired) electrons. The Labute approximate surface area is 251 Å². The first kappa shape index (κ1) is 29.1.